The normalized spacial score (nSPS) is 13.8. The van der Waals surface area contributed by atoms with Crippen molar-refractivity contribution < 1.29 is 0 Å². The van der Waals surface area contributed by atoms with Gasteiger partial charge in [-0.25, -0.2) is 5.43 Å². The van der Waals surface area contributed by atoms with E-state index in [-0.39, 0.29) is 12.4 Å². The Kier molecular flexibility index (Phi) is 9.98. The van der Waals surface area contributed by atoms with E-state index in [1.165, 1.54) is 11.1 Å². The van der Waals surface area contributed by atoms with Crippen LogP contribution in [-0.2, 0) is 6.42 Å². The smallest absolute Gasteiger partial charge is 0.250 e. The zero-order valence-corrected chi connectivity index (χ0v) is 23.8. The number of aromatic nitrogens is 3. The zero-order valence-electron chi connectivity index (χ0n) is 21.5. The number of hydrazone groups is 1. The van der Waals surface area contributed by atoms with Crippen LogP contribution in [0.25, 0.3) is 0 Å². The van der Waals surface area contributed by atoms with Gasteiger partial charge < -0.3 is 10.2 Å². The summed E-state index contributed by atoms with van der Waals surface area (Å²) in [6, 6.07) is 24.0. The lowest BCUT2D eigenvalue weighted by Gasteiger charge is -2.32. The van der Waals surface area contributed by atoms with Gasteiger partial charge in [-0.3, -0.25) is 0 Å². The number of hydrogen-bond donors (Lipinski definition) is 2. The van der Waals surface area contributed by atoms with E-state index in [0.29, 0.717) is 33.8 Å². The van der Waals surface area contributed by atoms with Crippen LogP contribution in [0.15, 0.2) is 77.9 Å². The topological polar surface area (TPSA) is 78.3 Å². The zero-order chi connectivity index (χ0) is 26.3. The number of nitrogens with zero attached hydrogens (tertiary/aromatic N) is 5. The quantitative estimate of drug-likeness (QED) is 0.165. The molecule has 0 bridgehead atoms. The molecule has 0 saturated carbocycles. The van der Waals surface area contributed by atoms with Crippen LogP contribution in [-0.4, -0.2) is 34.3 Å². The Morgan fingerprint density at radius 2 is 1.64 bits per heavy atom. The Hall–Kier alpha value is -3.39. The van der Waals surface area contributed by atoms with Gasteiger partial charge in [-0.05, 0) is 61.9 Å². The molecule has 0 amide bonds. The highest BCUT2D eigenvalue weighted by atomic mass is 35.5. The van der Waals surface area contributed by atoms with Gasteiger partial charge in [-0.2, -0.15) is 20.1 Å². The average Bonchev–Trinajstić information content (AvgIpc) is 2.92. The highest BCUT2D eigenvalue weighted by Gasteiger charge is 2.22. The first-order valence-electron chi connectivity index (χ1n) is 12.6. The molecule has 39 heavy (non-hydrogen) atoms. The van der Waals surface area contributed by atoms with Crippen molar-refractivity contribution in [2.45, 2.75) is 26.2 Å². The third-order valence-electron chi connectivity index (χ3n) is 6.53. The first-order chi connectivity index (χ1) is 18.5. The number of aryl methyl sites for hydroxylation is 1. The van der Waals surface area contributed by atoms with E-state index in [4.69, 9.17) is 28.2 Å². The van der Waals surface area contributed by atoms with Gasteiger partial charge in [0.15, 0.2) is 0 Å². The molecule has 0 aliphatic carbocycles. The minimum atomic E-state index is 0. The molecule has 0 radical (unpaired) electrons. The van der Waals surface area contributed by atoms with Crippen LogP contribution in [0.1, 0.15) is 29.5 Å². The summed E-state index contributed by atoms with van der Waals surface area (Å²) in [5, 5.41) is 8.69. The summed E-state index contributed by atoms with van der Waals surface area (Å²) in [5.41, 5.74) is 7.15. The SMILES string of the molecule is Cc1ccc(Nc2nc(NN=Cc3ccc(Cl)cc3Cl)nc(N3CCC(Cc4ccccc4)CC3)n2)cc1.Cl. The molecule has 0 spiro atoms. The summed E-state index contributed by atoms with van der Waals surface area (Å²) in [6.07, 6.45) is 4.87. The van der Waals surface area contributed by atoms with Crippen molar-refractivity contribution in [2.24, 2.45) is 11.0 Å². The lowest BCUT2D eigenvalue weighted by Crippen LogP contribution is -2.35. The molecule has 0 unspecified atom stereocenters. The number of hydrogen-bond acceptors (Lipinski definition) is 7. The molecule has 4 aromatic rings. The van der Waals surface area contributed by atoms with Gasteiger partial charge in [-0.15, -0.1) is 12.4 Å². The third-order valence-corrected chi connectivity index (χ3v) is 7.09. The molecule has 1 aliphatic heterocycles. The van der Waals surface area contributed by atoms with Gasteiger partial charge >= 0.3 is 0 Å². The van der Waals surface area contributed by atoms with E-state index >= 15 is 0 Å². The highest BCUT2D eigenvalue weighted by Crippen LogP contribution is 2.26. The van der Waals surface area contributed by atoms with E-state index in [2.05, 4.69) is 68.0 Å². The standard InChI is InChI=1S/C29H29Cl2N7.ClH/c1-20-7-11-25(12-8-20)33-27-34-28(37-32-19-23-9-10-24(30)18-26(23)31)36-29(35-27)38-15-13-22(14-16-38)17-21-5-3-2-4-6-21;/h2-12,18-19,22H,13-17H2,1H3,(H2,33,34,35,36,37);1H. The van der Waals surface area contributed by atoms with Crippen LogP contribution in [0.4, 0.5) is 23.5 Å². The maximum absolute atomic E-state index is 6.27. The summed E-state index contributed by atoms with van der Waals surface area (Å²) < 4.78 is 0. The van der Waals surface area contributed by atoms with Crippen LogP contribution in [0.2, 0.25) is 10.0 Å². The molecule has 2 N–H and O–H groups in total. The molecule has 2 heterocycles. The van der Waals surface area contributed by atoms with Crippen molar-refractivity contribution in [1.29, 1.82) is 0 Å². The van der Waals surface area contributed by atoms with Crippen LogP contribution < -0.4 is 15.6 Å². The second-order valence-electron chi connectivity index (χ2n) is 9.43. The summed E-state index contributed by atoms with van der Waals surface area (Å²) >= 11 is 12.3. The first kappa shape index (κ1) is 28.6. The molecule has 1 aromatic heterocycles. The number of benzene rings is 3. The number of anilines is 4. The van der Waals surface area contributed by atoms with Crippen molar-refractivity contribution in [3.05, 3.63) is 99.5 Å². The van der Waals surface area contributed by atoms with Crippen LogP contribution >= 0.6 is 35.6 Å². The van der Waals surface area contributed by atoms with E-state index in [1.807, 2.05) is 24.3 Å². The van der Waals surface area contributed by atoms with Crippen molar-refractivity contribution in [3.8, 4) is 0 Å². The second-order valence-corrected chi connectivity index (χ2v) is 10.3. The molecule has 1 aliphatic rings. The number of halogens is 3. The summed E-state index contributed by atoms with van der Waals surface area (Å²) in [4.78, 5) is 16.2. The minimum Gasteiger partial charge on any atom is -0.341 e. The maximum atomic E-state index is 6.27. The van der Waals surface area contributed by atoms with E-state index in [0.717, 1.165) is 43.6 Å². The Balaban J connectivity index is 0.00000353. The molecule has 10 heteroatoms. The molecular formula is C29H30Cl3N7. The van der Waals surface area contributed by atoms with Gasteiger partial charge in [0.25, 0.3) is 0 Å². The molecule has 1 fully saturated rings. The van der Waals surface area contributed by atoms with E-state index in [9.17, 15) is 0 Å². The molecule has 202 valence electrons. The average molecular weight is 583 g/mol. The fourth-order valence-corrected chi connectivity index (χ4v) is 4.89. The third kappa shape index (κ3) is 8.05. The van der Waals surface area contributed by atoms with Crippen molar-refractivity contribution >= 4 is 65.4 Å². The van der Waals surface area contributed by atoms with E-state index in [1.54, 1.807) is 24.4 Å². The summed E-state index contributed by atoms with van der Waals surface area (Å²) in [7, 11) is 0. The Morgan fingerprint density at radius 1 is 0.923 bits per heavy atom. The molecule has 0 atom stereocenters. The summed E-state index contributed by atoms with van der Waals surface area (Å²) in [5.74, 6) is 2.06. The van der Waals surface area contributed by atoms with Gasteiger partial charge in [-0.1, -0.05) is 77.3 Å². The molecule has 1 saturated heterocycles. The first-order valence-corrected chi connectivity index (χ1v) is 13.4. The fourth-order valence-electron chi connectivity index (χ4n) is 4.43. The van der Waals surface area contributed by atoms with Gasteiger partial charge in [0.2, 0.25) is 17.8 Å². The van der Waals surface area contributed by atoms with Gasteiger partial charge in [0.05, 0.1) is 11.2 Å². The van der Waals surface area contributed by atoms with Gasteiger partial charge in [0.1, 0.15) is 0 Å². The molecule has 5 rings (SSSR count). The van der Waals surface area contributed by atoms with Crippen LogP contribution in [0.5, 0.6) is 0 Å². The number of nitrogens with one attached hydrogen (secondary N) is 2. The minimum absolute atomic E-state index is 0. The largest absolute Gasteiger partial charge is 0.341 e. The predicted octanol–water partition coefficient (Wildman–Crippen LogP) is 7.56. The number of piperidine rings is 1. The Labute approximate surface area is 245 Å². The highest BCUT2D eigenvalue weighted by molar-refractivity contribution is 6.36. The predicted molar refractivity (Wildman–Crippen MR) is 164 cm³/mol. The fraction of sp³-hybridized carbons (Fsp3) is 0.241. The lowest BCUT2D eigenvalue weighted by atomic mass is 9.90. The van der Waals surface area contributed by atoms with Gasteiger partial charge in [0, 0.05) is 29.4 Å². The second kappa shape index (κ2) is 13.6. The van der Waals surface area contributed by atoms with Crippen molar-refractivity contribution in [1.82, 2.24) is 15.0 Å². The Morgan fingerprint density at radius 3 is 2.36 bits per heavy atom. The molecular weight excluding hydrogens is 553 g/mol. The summed E-state index contributed by atoms with van der Waals surface area (Å²) in [6.45, 7) is 3.82. The van der Waals surface area contributed by atoms with Crippen LogP contribution in [0.3, 0.4) is 0 Å². The number of rotatable bonds is 8. The van der Waals surface area contributed by atoms with E-state index < -0.39 is 0 Å². The molecule has 3 aromatic carbocycles. The monoisotopic (exact) mass is 581 g/mol. The van der Waals surface area contributed by atoms with Crippen LogP contribution in [0, 0.1) is 12.8 Å². The van der Waals surface area contributed by atoms with Crippen molar-refractivity contribution in [2.75, 3.05) is 28.7 Å². The van der Waals surface area contributed by atoms with Crippen molar-refractivity contribution in [3.63, 3.8) is 0 Å². The maximum Gasteiger partial charge on any atom is 0.250 e. The Bertz CT molecular complexity index is 1390. The molecule has 7 nitrogen and oxygen atoms in total. The lowest BCUT2D eigenvalue weighted by molar-refractivity contribution is 0.400.